The zero-order valence-electron chi connectivity index (χ0n) is 12.2. The molecule has 1 amide bonds. The number of nitrogens with two attached hydrogens (primary N) is 1. The van der Waals surface area contributed by atoms with E-state index in [1.165, 1.54) is 13.0 Å². The quantitative estimate of drug-likeness (QED) is 0.884. The van der Waals surface area contributed by atoms with Crippen LogP contribution in [-0.2, 0) is 4.79 Å². The van der Waals surface area contributed by atoms with Crippen LogP contribution in [0.15, 0.2) is 24.3 Å². The molecule has 1 aromatic heterocycles. The maximum absolute atomic E-state index is 11.2. The Morgan fingerprint density at radius 3 is 2.38 bits per heavy atom. The van der Waals surface area contributed by atoms with Crippen LogP contribution in [0.1, 0.15) is 23.6 Å². The molecule has 0 saturated carbocycles. The van der Waals surface area contributed by atoms with Crippen molar-refractivity contribution in [1.82, 2.24) is 4.98 Å². The van der Waals surface area contributed by atoms with Crippen LogP contribution in [0.2, 0.25) is 0 Å². The molecule has 0 aliphatic rings. The average Bonchev–Trinajstić information content (AvgIpc) is 2.36. The summed E-state index contributed by atoms with van der Waals surface area (Å²) in [6.45, 7) is 5.35. The number of carbonyl (C=O) groups is 1. The highest BCUT2D eigenvalue weighted by molar-refractivity contribution is 5.89. The topological polar surface area (TPSA) is 91.8 Å². The van der Waals surface area contributed by atoms with Crippen LogP contribution in [0.4, 0.5) is 11.5 Å². The first-order chi connectivity index (χ1) is 9.90. The van der Waals surface area contributed by atoms with Crippen molar-refractivity contribution < 1.29 is 4.79 Å². The second-order valence-electron chi connectivity index (χ2n) is 4.99. The molecule has 1 heterocycles. The van der Waals surface area contributed by atoms with Gasteiger partial charge in [-0.1, -0.05) is 17.2 Å². The fourth-order valence-corrected chi connectivity index (χ4v) is 2.25. The third-order valence-electron chi connectivity index (χ3n) is 2.96. The number of hydrogen-bond acceptors (Lipinski definition) is 4. The molecule has 0 spiro atoms. The van der Waals surface area contributed by atoms with Crippen molar-refractivity contribution in [2.24, 2.45) is 0 Å². The monoisotopic (exact) mass is 280 g/mol. The molecule has 2 aromatic rings. The van der Waals surface area contributed by atoms with Gasteiger partial charge in [0.15, 0.2) is 0 Å². The van der Waals surface area contributed by atoms with Crippen LogP contribution >= 0.6 is 0 Å². The molecular weight excluding hydrogens is 264 g/mol. The highest BCUT2D eigenvalue weighted by Gasteiger charge is 2.14. The lowest BCUT2D eigenvalue weighted by Gasteiger charge is -2.11. The Morgan fingerprint density at radius 1 is 1.24 bits per heavy atom. The number of amides is 1. The van der Waals surface area contributed by atoms with E-state index < -0.39 is 0 Å². The van der Waals surface area contributed by atoms with Gasteiger partial charge in [-0.25, -0.2) is 4.98 Å². The van der Waals surface area contributed by atoms with E-state index in [9.17, 15) is 10.1 Å². The summed E-state index contributed by atoms with van der Waals surface area (Å²) in [4.78, 5) is 15.5. The fourth-order valence-electron chi connectivity index (χ4n) is 2.25. The third-order valence-corrected chi connectivity index (χ3v) is 2.96. The Hall–Kier alpha value is -2.87. The number of aryl methyl sites for hydroxylation is 2. The molecule has 5 nitrogen and oxygen atoms in total. The fraction of sp³-hybridized carbons (Fsp3) is 0.188. The summed E-state index contributed by atoms with van der Waals surface area (Å²) >= 11 is 0. The highest BCUT2D eigenvalue weighted by atomic mass is 16.1. The zero-order chi connectivity index (χ0) is 15.6. The number of aromatic nitrogens is 1. The van der Waals surface area contributed by atoms with Crippen LogP contribution in [0.3, 0.4) is 0 Å². The maximum atomic E-state index is 11.2. The molecule has 0 bridgehead atoms. The van der Waals surface area contributed by atoms with E-state index in [0.29, 0.717) is 22.8 Å². The molecule has 0 atom stereocenters. The van der Waals surface area contributed by atoms with Gasteiger partial charge in [0, 0.05) is 18.6 Å². The standard InChI is InChI=1S/C16H16N4O/c1-9-4-10(2)6-12(5-9)16-13(8-17)14(18)7-15(20-16)19-11(3)21/h4-7H,1-3H3,(H3,18,19,20,21). The Labute approximate surface area is 123 Å². The lowest BCUT2D eigenvalue weighted by atomic mass is 10.0. The first kappa shape index (κ1) is 14.5. The predicted octanol–water partition coefficient (Wildman–Crippen LogP) is 2.78. The van der Waals surface area contributed by atoms with Crippen LogP contribution in [0, 0.1) is 25.2 Å². The summed E-state index contributed by atoms with van der Waals surface area (Å²) in [6.07, 6.45) is 0. The van der Waals surface area contributed by atoms with Crippen molar-refractivity contribution in [1.29, 1.82) is 5.26 Å². The molecule has 0 fully saturated rings. The van der Waals surface area contributed by atoms with E-state index in [0.717, 1.165) is 16.7 Å². The second-order valence-corrected chi connectivity index (χ2v) is 4.99. The minimum atomic E-state index is -0.238. The number of benzene rings is 1. The van der Waals surface area contributed by atoms with Crippen molar-refractivity contribution in [3.05, 3.63) is 41.0 Å². The van der Waals surface area contributed by atoms with E-state index in [-0.39, 0.29) is 5.91 Å². The van der Waals surface area contributed by atoms with Gasteiger partial charge in [-0.2, -0.15) is 5.26 Å². The van der Waals surface area contributed by atoms with E-state index in [1.807, 2.05) is 32.0 Å². The SMILES string of the molecule is CC(=O)Nc1cc(N)c(C#N)c(-c2cc(C)cc(C)c2)n1. The first-order valence-corrected chi connectivity index (χ1v) is 6.47. The first-order valence-electron chi connectivity index (χ1n) is 6.47. The number of pyridine rings is 1. The maximum Gasteiger partial charge on any atom is 0.222 e. The number of nitriles is 1. The van der Waals surface area contributed by atoms with Crippen molar-refractivity contribution in [3.63, 3.8) is 0 Å². The zero-order valence-corrected chi connectivity index (χ0v) is 12.2. The third kappa shape index (κ3) is 3.18. The van der Waals surface area contributed by atoms with Gasteiger partial charge in [-0.05, 0) is 26.0 Å². The second kappa shape index (κ2) is 5.63. The normalized spacial score (nSPS) is 10.0. The minimum absolute atomic E-state index is 0.238. The Kier molecular flexibility index (Phi) is 3.90. The van der Waals surface area contributed by atoms with Crippen LogP contribution in [-0.4, -0.2) is 10.9 Å². The molecule has 1 aromatic carbocycles. The summed E-state index contributed by atoms with van der Waals surface area (Å²) in [7, 11) is 0. The van der Waals surface area contributed by atoms with E-state index >= 15 is 0 Å². The number of carbonyl (C=O) groups excluding carboxylic acids is 1. The number of rotatable bonds is 2. The van der Waals surface area contributed by atoms with Gasteiger partial charge < -0.3 is 11.1 Å². The molecule has 3 N–H and O–H groups in total. The van der Waals surface area contributed by atoms with Gasteiger partial charge in [0.25, 0.3) is 0 Å². The molecular formula is C16H16N4O. The van der Waals surface area contributed by atoms with Crippen molar-refractivity contribution in [3.8, 4) is 17.3 Å². The van der Waals surface area contributed by atoms with Crippen molar-refractivity contribution >= 4 is 17.4 Å². The highest BCUT2D eigenvalue weighted by Crippen LogP contribution is 2.29. The molecule has 0 radical (unpaired) electrons. The van der Waals surface area contributed by atoms with E-state index in [2.05, 4.69) is 16.4 Å². The Bertz CT molecular complexity index is 739. The Balaban J connectivity index is 2.67. The molecule has 106 valence electrons. The van der Waals surface area contributed by atoms with Gasteiger partial charge in [0.1, 0.15) is 17.5 Å². The van der Waals surface area contributed by atoms with Gasteiger partial charge >= 0.3 is 0 Å². The van der Waals surface area contributed by atoms with Crippen molar-refractivity contribution in [2.75, 3.05) is 11.1 Å². The molecule has 0 saturated heterocycles. The number of nitrogens with one attached hydrogen (secondary N) is 1. The molecule has 0 unspecified atom stereocenters. The van der Waals surface area contributed by atoms with Gasteiger partial charge in [0.2, 0.25) is 5.91 Å². The van der Waals surface area contributed by atoms with Gasteiger partial charge in [-0.15, -0.1) is 0 Å². The van der Waals surface area contributed by atoms with Crippen LogP contribution in [0.5, 0.6) is 0 Å². The molecule has 21 heavy (non-hydrogen) atoms. The molecule has 0 aliphatic heterocycles. The predicted molar refractivity (Wildman–Crippen MR) is 82.6 cm³/mol. The number of hydrogen-bond donors (Lipinski definition) is 2. The summed E-state index contributed by atoms with van der Waals surface area (Å²) in [6, 6.07) is 9.49. The van der Waals surface area contributed by atoms with Gasteiger partial charge in [-0.3, -0.25) is 4.79 Å². The molecule has 2 rings (SSSR count). The smallest absolute Gasteiger partial charge is 0.222 e. The minimum Gasteiger partial charge on any atom is -0.397 e. The Morgan fingerprint density at radius 2 is 1.86 bits per heavy atom. The molecule has 0 aliphatic carbocycles. The van der Waals surface area contributed by atoms with E-state index in [4.69, 9.17) is 5.73 Å². The summed E-state index contributed by atoms with van der Waals surface area (Å²) in [5, 5.41) is 11.9. The van der Waals surface area contributed by atoms with Gasteiger partial charge in [0.05, 0.1) is 11.4 Å². The summed E-state index contributed by atoms with van der Waals surface area (Å²) in [5.74, 6) is 0.103. The van der Waals surface area contributed by atoms with Crippen LogP contribution in [0.25, 0.3) is 11.3 Å². The largest absolute Gasteiger partial charge is 0.397 e. The lowest BCUT2D eigenvalue weighted by molar-refractivity contribution is -0.114. The average molecular weight is 280 g/mol. The number of anilines is 2. The molecule has 5 heteroatoms. The van der Waals surface area contributed by atoms with Crippen LogP contribution < -0.4 is 11.1 Å². The number of nitrogens with zero attached hydrogens (tertiary/aromatic N) is 2. The summed E-state index contributed by atoms with van der Waals surface area (Å²) in [5.41, 5.74) is 9.94. The lowest BCUT2D eigenvalue weighted by Crippen LogP contribution is -2.09. The summed E-state index contributed by atoms with van der Waals surface area (Å²) < 4.78 is 0. The van der Waals surface area contributed by atoms with E-state index in [1.54, 1.807) is 0 Å². The number of nitrogen functional groups attached to an aromatic ring is 1. The van der Waals surface area contributed by atoms with Crippen molar-refractivity contribution in [2.45, 2.75) is 20.8 Å².